The summed E-state index contributed by atoms with van der Waals surface area (Å²) in [6, 6.07) is 7.64. The first-order chi connectivity index (χ1) is 12.4. The van der Waals surface area contributed by atoms with E-state index in [4.69, 9.17) is 17.3 Å². The molecule has 2 heterocycles. The maximum atomic E-state index is 13.2. The number of benzene rings is 1. The first-order valence-electron chi connectivity index (χ1n) is 9.27. The van der Waals surface area contributed by atoms with Crippen LogP contribution in [0.25, 0.3) is 5.69 Å². The van der Waals surface area contributed by atoms with Crippen LogP contribution >= 0.6 is 11.6 Å². The Morgan fingerprint density at radius 3 is 2.77 bits per heavy atom. The standard InChI is InChI=1S/C20H27ClN4O/c1-13(2)19-18(11-23-25(19)17-8-4-7-16(21)10-17)20(26)24-9-5-6-15(12-24)14(3)22/h4,7-8,10-11,13-15H,5-6,9,12,22H2,1-3H3. The van der Waals surface area contributed by atoms with E-state index in [-0.39, 0.29) is 17.9 Å². The van der Waals surface area contributed by atoms with Gasteiger partial charge in [-0.15, -0.1) is 0 Å². The average Bonchev–Trinajstić information content (AvgIpc) is 3.06. The zero-order valence-corrected chi connectivity index (χ0v) is 16.4. The van der Waals surface area contributed by atoms with Gasteiger partial charge in [0.25, 0.3) is 5.91 Å². The summed E-state index contributed by atoms with van der Waals surface area (Å²) in [6.07, 6.45) is 3.77. The molecule has 1 aliphatic rings. The molecule has 2 unspecified atom stereocenters. The van der Waals surface area contributed by atoms with Gasteiger partial charge in [0, 0.05) is 24.2 Å². The van der Waals surface area contributed by atoms with Crippen LogP contribution in [-0.4, -0.2) is 39.7 Å². The van der Waals surface area contributed by atoms with E-state index in [1.165, 1.54) is 0 Å². The van der Waals surface area contributed by atoms with Crippen molar-refractivity contribution in [3.63, 3.8) is 0 Å². The molecule has 0 saturated carbocycles. The Morgan fingerprint density at radius 2 is 2.12 bits per heavy atom. The first kappa shape index (κ1) is 18.9. The van der Waals surface area contributed by atoms with E-state index in [2.05, 4.69) is 18.9 Å². The Kier molecular flexibility index (Phi) is 5.68. The van der Waals surface area contributed by atoms with Gasteiger partial charge in [-0.3, -0.25) is 4.79 Å². The second-order valence-corrected chi connectivity index (χ2v) is 7.94. The highest BCUT2D eigenvalue weighted by Gasteiger charge is 2.30. The zero-order chi connectivity index (χ0) is 18.8. The number of hydrogen-bond acceptors (Lipinski definition) is 3. The van der Waals surface area contributed by atoms with Gasteiger partial charge in [0.15, 0.2) is 0 Å². The molecule has 2 atom stereocenters. The monoisotopic (exact) mass is 374 g/mol. The van der Waals surface area contributed by atoms with Gasteiger partial charge in [-0.2, -0.15) is 5.10 Å². The average molecular weight is 375 g/mol. The molecule has 0 bridgehead atoms. The smallest absolute Gasteiger partial charge is 0.257 e. The van der Waals surface area contributed by atoms with Gasteiger partial charge >= 0.3 is 0 Å². The molecule has 5 nitrogen and oxygen atoms in total. The fourth-order valence-corrected chi connectivity index (χ4v) is 3.87. The maximum absolute atomic E-state index is 13.2. The molecule has 3 rings (SSSR count). The number of carbonyl (C=O) groups excluding carboxylic acids is 1. The largest absolute Gasteiger partial charge is 0.338 e. The molecule has 1 aromatic carbocycles. The molecule has 1 aromatic heterocycles. The summed E-state index contributed by atoms with van der Waals surface area (Å²) in [5, 5.41) is 5.15. The van der Waals surface area contributed by atoms with E-state index in [0.717, 1.165) is 37.3 Å². The minimum absolute atomic E-state index is 0.0485. The van der Waals surface area contributed by atoms with Gasteiger partial charge < -0.3 is 10.6 Å². The van der Waals surface area contributed by atoms with Gasteiger partial charge in [-0.1, -0.05) is 31.5 Å². The summed E-state index contributed by atoms with van der Waals surface area (Å²) in [6.45, 7) is 7.68. The van der Waals surface area contributed by atoms with Crippen molar-refractivity contribution in [1.29, 1.82) is 0 Å². The van der Waals surface area contributed by atoms with Crippen LogP contribution < -0.4 is 5.73 Å². The van der Waals surface area contributed by atoms with Crippen molar-refractivity contribution in [2.24, 2.45) is 11.7 Å². The minimum Gasteiger partial charge on any atom is -0.338 e. The number of rotatable bonds is 4. The fourth-order valence-electron chi connectivity index (χ4n) is 3.69. The fraction of sp³-hybridized carbons (Fsp3) is 0.500. The summed E-state index contributed by atoms with van der Waals surface area (Å²) >= 11 is 6.14. The molecular weight excluding hydrogens is 348 g/mol. The summed E-state index contributed by atoms with van der Waals surface area (Å²) in [7, 11) is 0. The van der Waals surface area contributed by atoms with Gasteiger partial charge in [0.2, 0.25) is 0 Å². The van der Waals surface area contributed by atoms with Crippen LogP contribution in [0, 0.1) is 5.92 Å². The van der Waals surface area contributed by atoms with E-state index >= 15 is 0 Å². The molecule has 0 aliphatic carbocycles. The Bertz CT molecular complexity index is 784. The summed E-state index contributed by atoms with van der Waals surface area (Å²) in [5.41, 5.74) is 8.53. The minimum atomic E-state index is 0.0485. The van der Waals surface area contributed by atoms with Crippen LogP contribution in [-0.2, 0) is 0 Å². The van der Waals surface area contributed by atoms with Crippen LogP contribution in [0.3, 0.4) is 0 Å². The molecule has 1 fully saturated rings. The van der Waals surface area contributed by atoms with Crippen LogP contribution in [0.1, 0.15) is 55.6 Å². The molecule has 1 amide bonds. The van der Waals surface area contributed by atoms with Crippen molar-refractivity contribution in [3.8, 4) is 5.69 Å². The highest BCUT2D eigenvalue weighted by atomic mass is 35.5. The summed E-state index contributed by atoms with van der Waals surface area (Å²) in [4.78, 5) is 15.1. The molecule has 1 aliphatic heterocycles. The number of nitrogens with zero attached hydrogens (tertiary/aromatic N) is 3. The number of halogens is 1. The van der Waals surface area contributed by atoms with Gasteiger partial charge in [0.05, 0.1) is 23.1 Å². The lowest BCUT2D eigenvalue weighted by Crippen LogP contribution is -2.45. The number of aromatic nitrogens is 2. The van der Waals surface area contributed by atoms with Crippen molar-refractivity contribution >= 4 is 17.5 Å². The van der Waals surface area contributed by atoms with Gasteiger partial charge in [0.1, 0.15) is 0 Å². The highest BCUT2D eigenvalue weighted by molar-refractivity contribution is 6.30. The van der Waals surface area contributed by atoms with Crippen molar-refractivity contribution in [3.05, 3.63) is 46.7 Å². The molecule has 2 aromatic rings. The second-order valence-electron chi connectivity index (χ2n) is 7.50. The van der Waals surface area contributed by atoms with Crippen molar-refractivity contribution in [1.82, 2.24) is 14.7 Å². The SMILES string of the molecule is CC(C)c1c(C(=O)N2CCCC(C(C)N)C2)cnn1-c1cccc(Cl)c1. The normalized spacial score (nSPS) is 19.0. The third kappa shape index (κ3) is 3.79. The number of piperidine rings is 1. The molecule has 1 saturated heterocycles. The van der Waals surface area contributed by atoms with Crippen molar-refractivity contribution < 1.29 is 4.79 Å². The van der Waals surface area contributed by atoms with Gasteiger partial charge in [-0.25, -0.2) is 4.68 Å². The number of amides is 1. The molecule has 26 heavy (non-hydrogen) atoms. The molecule has 0 radical (unpaired) electrons. The quantitative estimate of drug-likeness (QED) is 0.884. The predicted octanol–water partition coefficient (Wildman–Crippen LogP) is 3.85. The van der Waals surface area contributed by atoms with Gasteiger partial charge in [-0.05, 0) is 49.8 Å². The van der Waals surface area contributed by atoms with Crippen LogP contribution in [0.4, 0.5) is 0 Å². The number of hydrogen-bond donors (Lipinski definition) is 1. The van der Waals surface area contributed by atoms with Crippen LogP contribution in [0.5, 0.6) is 0 Å². The lowest BCUT2D eigenvalue weighted by molar-refractivity contribution is 0.0659. The predicted molar refractivity (Wildman–Crippen MR) is 105 cm³/mol. The third-order valence-corrected chi connectivity index (χ3v) is 5.36. The molecule has 2 N–H and O–H groups in total. The Labute approximate surface area is 160 Å². The molecule has 0 spiro atoms. The number of nitrogens with two attached hydrogens (primary N) is 1. The van der Waals surface area contributed by atoms with Crippen molar-refractivity contribution in [2.75, 3.05) is 13.1 Å². The number of carbonyl (C=O) groups is 1. The van der Waals surface area contributed by atoms with E-state index in [9.17, 15) is 4.79 Å². The number of likely N-dealkylation sites (tertiary alicyclic amines) is 1. The van der Waals surface area contributed by atoms with E-state index in [1.54, 1.807) is 6.20 Å². The van der Waals surface area contributed by atoms with E-state index < -0.39 is 0 Å². The highest BCUT2D eigenvalue weighted by Crippen LogP contribution is 2.27. The summed E-state index contributed by atoms with van der Waals surface area (Å²) in [5.74, 6) is 0.565. The lowest BCUT2D eigenvalue weighted by Gasteiger charge is -2.34. The molecular formula is C20H27ClN4O. The van der Waals surface area contributed by atoms with E-state index in [0.29, 0.717) is 16.5 Å². The maximum Gasteiger partial charge on any atom is 0.257 e. The first-order valence-corrected chi connectivity index (χ1v) is 9.65. The second kappa shape index (κ2) is 7.80. The Hall–Kier alpha value is -1.85. The Morgan fingerprint density at radius 1 is 1.35 bits per heavy atom. The molecule has 140 valence electrons. The Balaban J connectivity index is 1.94. The zero-order valence-electron chi connectivity index (χ0n) is 15.7. The topological polar surface area (TPSA) is 64.2 Å². The molecule has 6 heteroatoms. The van der Waals surface area contributed by atoms with E-state index in [1.807, 2.05) is 40.8 Å². The summed E-state index contributed by atoms with van der Waals surface area (Å²) < 4.78 is 1.83. The van der Waals surface area contributed by atoms with Crippen molar-refractivity contribution in [2.45, 2.75) is 45.6 Å². The van der Waals surface area contributed by atoms with Crippen LogP contribution in [0.15, 0.2) is 30.5 Å². The third-order valence-electron chi connectivity index (χ3n) is 5.13. The van der Waals surface area contributed by atoms with Crippen LogP contribution in [0.2, 0.25) is 5.02 Å². The lowest BCUT2D eigenvalue weighted by atomic mass is 9.91.